The molecule has 0 aliphatic heterocycles. The van der Waals surface area contributed by atoms with Crippen LogP contribution in [0.2, 0.25) is 0 Å². The molecule has 1 aromatic rings. The lowest BCUT2D eigenvalue weighted by Crippen LogP contribution is -2.25. The van der Waals surface area contributed by atoms with Crippen molar-refractivity contribution < 1.29 is 4.79 Å². The number of rotatable bonds is 4. The fourth-order valence-electron chi connectivity index (χ4n) is 2.45. The minimum atomic E-state index is 0.0732. The minimum absolute atomic E-state index is 0.0732. The van der Waals surface area contributed by atoms with Gasteiger partial charge in [0.05, 0.1) is 0 Å². The summed E-state index contributed by atoms with van der Waals surface area (Å²) < 4.78 is 0. The third-order valence-electron chi connectivity index (χ3n) is 3.62. The normalized spacial score (nSPS) is 14.4. The Kier molecular flexibility index (Phi) is 4.40. The topological polar surface area (TPSA) is 29.1 Å². The van der Waals surface area contributed by atoms with Crippen LogP contribution in [-0.2, 0) is 12.8 Å². The van der Waals surface area contributed by atoms with Gasteiger partial charge in [-0.25, -0.2) is 0 Å². The number of hydrogen-bond donors (Lipinski definition) is 1. The van der Waals surface area contributed by atoms with Crippen LogP contribution in [0.25, 0.3) is 0 Å². The Balaban J connectivity index is 1.98. The molecule has 2 nitrogen and oxygen atoms in total. The number of nitrogens with one attached hydrogen (secondary N) is 1. The first-order valence-electron chi connectivity index (χ1n) is 7.07. The van der Waals surface area contributed by atoms with E-state index in [1.807, 2.05) is 6.07 Å². The summed E-state index contributed by atoms with van der Waals surface area (Å²) in [6, 6.07) is 6.18. The zero-order valence-electron chi connectivity index (χ0n) is 11.5. The average Bonchev–Trinajstić information content (AvgIpc) is 2.37. The van der Waals surface area contributed by atoms with Gasteiger partial charge in [0.25, 0.3) is 5.91 Å². The van der Waals surface area contributed by atoms with E-state index in [0.29, 0.717) is 5.92 Å². The van der Waals surface area contributed by atoms with E-state index in [1.54, 1.807) is 0 Å². The highest BCUT2D eigenvalue weighted by molar-refractivity contribution is 5.94. The van der Waals surface area contributed by atoms with Crippen molar-refractivity contribution in [3.63, 3.8) is 0 Å². The second-order valence-electron chi connectivity index (χ2n) is 5.63. The van der Waals surface area contributed by atoms with E-state index in [4.69, 9.17) is 0 Å². The Morgan fingerprint density at radius 3 is 2.67 bits per heavy atom. The highest BCUT2D eigenvalue weighted by Crippen LogP contribution is 2.22. The predicted octanol–water partition coefficient (Wildman–Crippen LogP) is 3.34. The van der Waals surface area contributed by atoms with Gasteiger partial charge in [0, 0.05) is 12.1 Å². The Bertz CT molecular complexity index is 423. The summed E-state index contributed by atoms with van der Waals surface area (Å²) in [7, 11) is 0. The van der Waals surface area contributed by atoms with Gasteiger partial charge in [0.1, 0.15) is 0 Å². The highest BCUT2D eigenvalue weighted by Gasteiger charge is 2.12. The van der Waals surface area contributed by atoms with E-state index < -0.39 is 0 Å². The van der Waals surface area contributed by atoms with Crippen LogP contribution in [0.5, 0.6) is 0 Å². The first-order valence-corrected chi connectivity index (χ1v) is 7.07. The Morgan fingerprint density at radius 2 is 1.94 bits per heavy atom. The molecule has 0 atom stereocenters. The third-order valence-corrected chi connectivity index (χ3v) is 3.62. The molecule has 0 spiro atoms. The average molecular weight is 245 g/mol. The summed E-state index contributed by atoms with van der Waals surface area (Å²) in [5, 5.41) is 3.00. The molecule has 2 rings (SSSR count). The van der Waals surface area contributed by atoms with Crippen molar-refractivity contribution in [2.45, 2.75) is 46.0 Å². The fraction of sp³-hybridized carbons (Fsp3) is 0.562. The molecule has 0 unspecified atom stereocenters. The standard InChI is InChI=1S/C16H23NO/c1-12(2)9-10-17-16(18)15-8-7-13-5-3-4-6-14(13)11-15/h7-8,11-12H,3-6,9-10H2,1-2H3,(H,17,18). The Hall–Kier alpha value is -1.31. The summed E-state index contributed by atoms with van der Waals surface area (Å²) in [6.07, 6.45) is 5.88. The van der Waals surface area contributed by atoms with Gasteiger partial charge in [-0.05, 0) is 61.3 Å². The molecule has 0 radical (unpaired) electrons. The molecule has 18 heavy (non-hydrogen) atoms. The van der Waals surface area contributed by atoms with E-state index in [1.165, 1.54) is 30.4 Å². The van der Waals surface area contributed by atoms with Crippen molar-refractivity contribution in [1.82, 2.24) is 5.32 Å². The van der Waals surface area contributed by atoms with Crippen LogP contribution in [-0.4, -0.2) is 12.5 Å². The molecule has 1 aliphatic carbocycles. The molecular weight excluding hydrogens is 222 g/mol. The monoisotopic (exact) mass is 245 g/mol. The van der Waals surface area contributed by atoms with Gasteiger partial charge in [0.2, 0.25) is 0 Å². The van der Waals surface area contributed by atoms with E-state index in [0.717, 1.165) is 24.9 Å². The Labute approximate surface area is 110 Å². The van der Waals surface area contributed by atoms with Gasteiger partial charge in [0.15, 0.2) is 0 Å². The zero-order chi connectivity index (χ0) is 13.0. The molecule has 0 fully saturated rings. The van der Waals surface area contributed by atoms with Crippen LogP contribution < -0.4 is 5.32 Å². The van der Waals surface area contributed by atoms with Crippen molar-refractivity contribution in [1.29, 1.82) is 0 Å². The SMILES string of the molecule is CC(C)CCNC(=O)c1ccc2c(c1)CCCC2. The minimum Gasteiger partial charge on any atom is -0.352 e. The largest absolute Gasteiger partial charge is 0.352 e. The van der Waals surface area contributed by atoms with Gasteiger partial charge in [-0.2, -0.15) is 0 Å². The summed E-state index contributed by atoms with van der Waals surface area (Å²) >= 11 is 0. The van der Waals surface area contributed by atoms with Crippen molar-refractivity contribution in [2.75, 3.05) is 6.54 Å². The summed E-state index contributed by atoms with van der Waals surface area (Å²) in [4.78, 5) is 12.0. The number of fused-ring (bicyclic) bond motifs is 1. The van der Waals surface area contributed by atoms with E-state index in [9.17, 15) is 4.79 Å². The number of carbonyl (C=O) groups excluding carboxylic acids is 1. The van der Waals surface area contributed by atoms with E-state index >= 15 is 0 Å². The van der Waals surface area contributed by atoms with Crippen LogP contribution in [0.4, 0.5) is 0 Å². The quantitative estimate of drug-likeness (QED) is 0.866. The number of benzene rings is 1. The van der Waals surface area contributed by atoms with Gasteiger partial charge in [-0.3, -0.25) is 4.79 Å². The summed E-state index contributed by atoms with van der Waals surface area (Å²) in [6.45, 7) is 5.11. The van der Waals surface area contributed by atoms with Crippen molar-refractivity contribution in [3.05, 3.63) is 34.9 Å². The lowest BCUT2D eigenvalue weighted by molar-refractivity contribution is 0.0952. The predicted molar refractivity (Wildman–Crippen MR) is 74.9 cm³/mol. The summed E-state index contributed by atoms with van der Waals surface area (Å²) in [5.74, 6) is 0.706. The molecule has 1 aliphatic rings. The fourth-order valence-corrected chi connectivity index (χ4v) is 2.45. The number of amides is 1. The van der Waals surface area contributed by atoms with Crippen LogP contribution in [0.1, 0.15) is 54.6 Å². The lowest BCUT2D eigenvalue weighted by atomic mass is 9.90. The lowest BCUT2D eigenvalue weighted by Gasteiger charge is -2.16. The van der Waals surface area contributed by atoms with E-state index in [2.05, 4.69) is 31.3 Å². The molecular formula is C16H23NO. The first kappa shape index (κ1) is 13.1. The van der Waals surface area contributed by atoms with Crippen LogP contribution in [0.15, 0.2) is 18.2 Å². The van der Waals surface area contributed by atoms with Gasteiger partial charge in [-0.15, -0.1) is 0 Å². The second-order valence-corrected chi connectivity index (χ2v) is 5.63. The summed E-state index contributed by atoms with van der Waals surface area (Å²) in [5.41, 5.74) is 3.62. The highest BCUT2D eigenvalue weighted by atomic mass is 16.1. The molecule has 0 saturated heterocycles. The maximum Gasteiger partial charge on any atom is 0.251 e. The van der Waals surface area contributed by atoms with E-state index in [-0.39, 0.29) is 5.91 Å². The van der Waals surface area contributed by atoms with Crippen molar-refractivity contribution in [2.24, 2.45) is 5.92 Å². The number of carbonyl (C=O) groups is 1. The smallest absolute Gasteiger partial charge is 0.251 e. The van der Waals surface area contributed by atoms with Gasteiger partial charge >= 0.3 is 0 Å². The molecule has 1 N–H and O–H groups in total. The molecule has 0 bridgehead atoms. The molecule has 0 aromatic heterocycles. The zero-order valence-corrected chi connectivity index (χ0v) is 11.5. The van der Waals surface area contributed by atoms with Crippen LogP contribution in [0, 0.1) is 5.92 Å². The molecule has 2 heteroatoms. The van der Waals surface area contributed by atoms with Gasteiger partial charge < -0.3 is 5.32 Å². The molecule has 1 amide bonds. The van der Waals surface area contributed by atoms with Crippen molar-refractivity contribution >= 4 is 5.91 Å². The maximum absolute atomic E-state index is 12.0. The van der Waals surface area contributed by atoms with Crippen LogP contribution in [0.3, 0.4) is 0 Å². The Morgan fingerprint density at radius 1 is 1.22 bits per heavy atom. The van der Waals surface area contributed by atoms with Crippen molar-refractivity contribution in [3.8, 4) is 0 Å². The van der Waals surface area contributed by atoms with Crippen LogP contribution >= 0.6 is 0 Å². The first-order chi connectivity index (χ1) is 8.66. The number of hydrogen-bond acceptors (Lipinski definition) is 1. The van der Waals surface area contributed by atoms with Gasteiger partial charge in [-0.1, -0.05) is 19.9 Å². The molecule has 0 saturated carbocycles. The second kappa shape index (κ2) is 6.03. The number of aryl methyl sites for hydroxylation is 2. The maximum atomic E-state index is 12.0. The third kappa shape index (κ3) is 3.34. The molecule has 1 aromatic carbocycles. The molecule has 0 heterocycles. The molecule has 98 valence electrons.